The molecule has 0 aromatic heterocycles. The van der Waals surface area contributed by atoms with Crippen LogP contribution in [0.1, 0.15) is 47.1 Å². The van der Waals surface area contributed by atoms with Crippen LogP contribution in [0.15, 0.2) is 29.3 Å². The van der Waals surface area contributed by atoms with E-state index in [0.717, 1.165) is 37.7 Å². The zero-order valence-corrected chi connectivity index (χ0v) is 21.1. The van der Waals surface area contributed by atoms with Gasteiger partial charge in [-0.2, -0.15) is 0 Å². The van der Waals surface area contributed by atoms with E-state index < -0.39 is 11.7 Å². The maximum absolute atomic E-state index is 11.8. The number of anilines is 1. The Morgan fingerprint density at radius 2 is 1.55 bits per heavy atom. The average molecular weight is 519 g/mol. The van der Waals surface area contributed by atoms with Crippen LogP contribution in [0.25, 0.3) is 0 Å². The van der Waals surface area contributed by atoms with Gasteiger partial charge in [-0.3, -0.25) is 10.3 Å². The highest BCUT2D eigenvalue weighted by molar-refractivity contribution is 14.0. The third kappa shape index (κ3) is 14.1. The van der Waals surface area contributed by atoms with Gasteiger partial charge in [0.2, 0.25) is 0 Å². The quantitative estimate of drug-likeness (QED) is 0.191. The van der Waals surface area contributed by atoms with Gasteiger partial charge < -0.3 is 20.7 Å². The fraction of sp³-hybridized carbons (Fsp3) is 0.619. The van der Waals surface area contributed by atoms with Crippen LogP contribution in [0.5, 0.6) is 0 Å². The molecule has 1 aromatic rings. The van der Waals surface area contributed by atoms with Crippen LogP contribution in [0, 0.1) is 0 Å². The molecule has 1 aromatic carbocycles. The number of rotatable bonds is 7. The van der Waals surface area contributed by atoms with Crippen molar-refractivity contribution in [3.63, 3.8) is 0 Å². The Hall–Kier alpha value is -1.55. The lowest BCUT2D eigenvalue weighted by molar-refractivity contribution is 0.0636. The Bertz CT molecular complexity index is 634. The summed E-state index contributed by atoms with van der Waals surface area (Å²) >= 11 is 0. The molecule has 0 atom stereocenters. The predicted molar refractivity (Wildman–Crippen MR) is 133 cm³/mol. The van der Waals surface area contributed by atoms with Gasteiger partial charge in [-0.05, 0) is 65.7 Å². The lowest BCUT2D eigenvalue weighted by Crippen LogP contribution is -2.44. The van der Waals surface area contributed by atoms with E-state index in [9.17, 15) is 4.79 Å². The molecule has 29 heavy (non-hydrogen) atoms. The number of guanidine groups is 1. The number of ether oxygens (including phenoxy) is 1. The standard InChI is InChI=1S/C21H37N5O2.HI/c1-20(2,3)25-15-14-24-18(22-7)23-13-12-16-8-10-17(11-9-16)26-19(27)28-21(4,5)6;/h8-11,25H,12-15H2,1-7H3,(H,26,27)(H2,22,23,24);1H. The average Bonchev–Trinajstić information content (AvgIpc) is 2.56. The van der Waals surface area contributed by atoms with Crippen LogP contribution in [-0.4, -0.2) is 49.9 Å². The molecule has 4 N–H and O–H groups in total. The molecule has 0 spiro atoms. The maximum atomic E-state index is 11.8. The lowest BCUT2D eigenvalue weighted by atomic mass is 10.1. The number of hydrogen-bond acceptors (Lipinski definition) is 4. The highest BCUT2D eigenvalue weighted by Gasteiger charge is 2.16. The smallest absolute Gasteiger partial charge is 0.412 e. The van der Waals surface area contributed by atoms with Gasteiger partial charge in [0.1, 0.15) is 5.60 Å². The molecule has 0 aliphatic heterocycles. The van der Waals surface area contributed by atoms with E-state index in [1.807, 2.05) is 45.0 Å². The monoisotopic (exact) mass is 519 g/mol. The lowest BCUT2D eigenvalue weighted by Gasteiger charge is -2.21. The van der Waals surface area contributed by atoms with Gasteiger partial charge in [0.25, 0.3) is 0 Å². The van der Waals surface area contributed by atoms with E-state index in [2.05, 4.69) is 47.0 Å². The Morgan fingerprint density at radius 1 is 0.966 bits per heavy atom. The van der Waals surface area contributed by atoms with Gasteiger partial charge in [-0.25, -0.2) is 4.79 Å². The largest absolute Gasteiger partial charge is 0.444 e. The first-order valence-corrected chi connectivity index (χ1v) is 9.77. The number of carbonyl (C=O) groups is 1. The van der Waals surface area contributed by atoms with Crippen molar-refractivity contribution in [1.82, 2.24) is 16.0 Å². The second kappa shape index (κ2) is 12.9. The number of amides is 1. The number of nitrogens with zero attached hydrogens (tertiary/aromatic N) is 1. The van der Waals surface area contributed by atoms with Crippen molar-refractivity contribution in [3.05, 3.63) is 29.8 Å². The van der Waals surface area contributed by atoms with E-state index >= 15 is 0 Å². The Kier molecular flexibility index (Phi) is 12.2. The summed E-state index contributed by atoms with van der Waals surface area (Å²) in [6.07, 6.45) is 0.408. The number of benzene rings is 1. The molecule has 0 aliphatic rings. The van der Waals surface area contributed by atoms with Crippen molar-refractivity contribution in [2.75, 3.05) is 32.0 Å². The third-order valence-electron chi connectivity index (χ3n) is 3.60. The summed E-state index contributed by atoms with van der Waals surface area (Å²) in [6.45, 7) is 14.4. The minimum Gasteiger partial charge on any atom is -0.444 e. The summed E-state index contributed by atoms with van der Waals surface area (Å²) in [6, 6.07) is 7.75. The van der Waals surface area contributed by atoms with Gasteiger partial charge in [0.15, 0.2) is 5.96 Å². The molecule has 0 unspecified atom stereocenters. The van der Waals surface area contributed by atoms with Crippen molar-refractivity contribution in [2.24, 2.45) is 4.99 Å². The number of aliphatic imine (C=N–C) groups is 1. The fourth-order valence-corrected chi connectivity index (χ4v) is 2.34. The molecule has 0 aliphatic carbocycles. The molecular formula is C21H38IN5O2. The molecular weight excluding hydrogens is 481 g/mol. The molecule has 0 saturated heterocycles. The van der Waals surface area contributed by atoms with Gasteiger partial charge in [0.05, 0.1) is 0 Å². The van der Waals surface area contributed by atoms with Crippen LogP contribution < -0.4 is 21.3 Å². The van der Waals surface area contributed by atoms with E-state index in [1.165, 1.54) is 5.56 Å². The van der Waals surface area contributed by atoms with Crippen LogP contribution in [0.4, 0.5) is 10.5 Å². The first-order chi connectivity index (χ1) is 13.0. The van der Waals surface area contributed by atoms with Crippen molar-refractivity contribution >= 4 is 41.7 Å². The first kappa shape index (κ1) is 27.5. The SMILES string of the molecule is CN=C(NCCNC(C)(C)C)NCCc1ccc(NC(=O)OC(C)(C)C)cc1.I. The Labute approximate surface area is 192 Å². The third-order valence-corrected chi connectivity index (χ3v) is 3.60. The number of hydrogen-bond donors (Lipinski definition) is 4. The summed E-state index contributed by atoms with van der Waals surface area (Å²) in [5.41, 5.74) is 1.50. The number of carbonyl (C=O) groups excluding carboxylic acids is 1. The fourth-order valence-electron chi connectivity index (χ4n) is 2.34. The Balaban J connectivity index is 0.00000784. The molecule has 1 rings (SSSR count). The van der Waals surface area contributed by atoms with Crippen LogP contribution in [-0.2, 0) is 11.2 Å². The van der Waals surface area contributed by atoms with E-state index in [1.54, 1.807) is 7.05 Å². The zero-order chi connectivity index (χ0) is 21.2. The Morgan fingerprint density at radius 3 is 2.07 bits per heavy atom. The summed E-state index contributed by atoms with van der Waals surface area (Å²) in [4.78, 5) is 16.0. The molecule has 0 radical (unpaired) electrons. The maximum Gasteiger partial charge on any atom is 0.412 e. The van der Waals surface area contributed by atoms with Gasteiger partial charge >= 0.3 is 6.09 Å². The van der Waals surface area contributed by atoms with Crippen LogP contribution in [0.2, 0.25) is 0 Å². The topological polar surface area (TPSA) is 86.8 Å². The molecule has 1 amide bonds. The minimum absolute atomic E-state index is 0. The van der Waals surface area contributed by atoms with Crippen LogP contribution >= 0.6 is 24.0 Å². The molecule has 7 nitrogen and oxygen atoms in total. The van der Waals surface area contributed by atoms with E-state index in [-0.39, 0.29) is 29.5 Å². The molecule has 0 heterocycles. The van der Waals surface area contributed by atoms with Crippen molar-refractivity contribution in [1.29, 1.82) is 0 Å². The molecule has 166 valence electrons. The predicted octanol–water partition coefficient (Wildman–Crippen LogP) is 3.75. The van der Waals surface area contributed by atoms with Crippen molar-refractivity contribution < 1.29 is 9.53 Å². The second-order valence-electron chi connectivity index (χ2n) is 8.68. The molecule has 8 heteroatoms. The first-order valence-electron chi connectivity index (χ1n) is 9.77. The van der Waals surface area contributed by atoms with E-state index in [4.69, 9.17) is 4.74 Å². The minimum atomic E-state index is -0.509. The normalized spacial score (nSPS) is 12.0. The summed E-state index contributed by atoms with van der Waals surface area (Å²) in [5, 5.41) is 12.8. The highest BCUT2D eigenvalue weighted by atomic mass is 127. The van der Waals surface area contributed by atoms with E-state index in [0.29, 0.717) is 0 Å². The zero-order valence-electron chi connectivity index (χ0n) is 18.8. The highest BCUT2D eigenvalue weighted by Crippen LogP contribution is 2.13. The van der Waals surface area contributed by atoms with Gasteiger partial charge in [-0.15, -0.1) is 24.0 Å². The van der Waals surface area contributed by atoms with Gasteiger partial charge in [-0.1, -0.05) is 12.1 Å². The molecule has 0 fully saturated rings. The van der Waals surface area contributed by atoms with Crippen LogP contribution in [0.3, 0.4) is 0 Å². The van der Waals surface area contributed by atoms with Gasteiger partial charge in [0, 0.05) is 37.9 Å². The molecule has 0 bridgehead atoms. The summed E-state index contributed by atoms with van der Waals surface area (Å²) in [5.74, 6) is 0.791. The number of nitrogens with one attached hydrogen (secondary N) is 4. The van der Waals surface area contributed by atoms with Crippen molar-refractivity contribution in [3.8, 4) is 0 Å². The summed E-state index contributed by atoms with van der Waals surface area (Å²) in [7, 11) is 1.77. The summed E-state index contributed by atoms with van der Waals surface area (Å²) < 4.78 is 5.25. The molecule has 0 saturated carbocycles. The second-order valence-corrected chi connectivity index (χ2v) is 8.68. The number of halogens is 1. The van der Waals surface area contributed by atoms with Crippen molar-refractivity contribution in [2.45, 2.75) is 59.1 Å².